The van der Waals surface area contributed by atoms with Crippen molar-refractivity contribution in [1.29, 1.82) is 0 Å². The van der Waals surface area contributed by atoms with E-state index in [1.165, 1.54) is 12.7 Å². The summed E-state index contributed by atoms with van der Waals surface area (Å²) in [6.45, 7) is 18.9. The molecular weight excluding hydrogens is 647 g/mol. The monoisotopic (exact) mass is 702 g/mol. The molecule has 3 aliphatic carbocycles. The number of nitrogens with one attached hydrogen (secondary N) is 1. The molecule has 5 aliphatic rings. The quantitative estimate of drug-likeness (QED) is 0.246. The van der Waals surface area contributed by atoms with Crippen LogP contribution >= 0.6 is 0 Å². The third-order valence-corrected chi connectivity index (χ3v) is 11.3. The van der Waals surface area contributed by atoms with Crippen LogP contribution in [0.4, 0.5) is 4.79 Å². The van der Waals surface area contributed by atoms with Crippen LogP contribution in [0.1, 0.15) is 108 Å². The van der Waals surface area contributed by atoms with Crippen LogP contribution in [0.15, 0.2) is 36.4 Å². The van der Waals surface area contributed by atoms with Crippen molar-refractivity contribution in [2.24, 2.45) is 17.3 Å². The Morgan fingerprint density at radius 3 is 2.39 bits per heavy atom. The van der Waals surface area contributed by atoms with Crippen molar-refractivity contribution in [2.75, 3.05) is 13.7 Å². The van der Waals surface area contributed by atoms with E-state index in [1.807, 2.05) is 59.7 Å². The van der Waals surface area contributed by atoms with Crippen LogP contribution in [-0.2, 0) is 49.4 Å². The van der Waals surface area contributed by atoms with Crippen molar-refractivity contribution in [3.8, 4) is 5.75 Å². The molecule has 2 aliphatic heterocycles. The first-order chi connectivity index (χ1) is 23.8. The maximum Gasteiger partial charge on any atom is 0.482 e. The van der Waals surface area contributed by atoms with Crippen LogP contribution in [0.5, 0.6) is 5.75 Å². The number of benzene rings is 2. The summed E-state index contributed by atoms with van der Waals surface area (Å²) in [7, 11) is 0.841. The van der Waals surface area contributed by atoms with Gasteiger partial charge in [0.2, 0.25) is 5.91 Å². The fraction of sp³-hybridized carbons (Fsp3) is 0.625. The fourth-order valence-electron chi connectivity index (χ4n) is 8.65. The van der Waals surface area contributed by atoms with E-state index in [1.54, 1.807) is 17.0 Å². The lowest BCUT2D eigenvalue weighted by molar-refractivity contribution is -0.199. The van der Waals surface area contributed by atoms with Crippen molar-refractivity contribution >= 4 is 25.1 Å². The number of rotatable bonds is 8. The zero-order valence-electron chi connectivity index (χ0n) is 32.0. The standard InChI is InChI=1S/C40H55BN2O8/c1-37(2,3)48-35(45)29-13-11-12-26(34(29)47-10)20-32(41-50-31-22-28-21-30(39(28,7)8)40(31,9)51-41)42-33(44)19-24-14-15-25-16-17-43(23-27(25)18-24)36(46)49-38(4,5)6/h11-15,18,28,30-32H,16-17,19-23H2,1-10H3,(H,42,44). The maximum atomic E-state index is 13.9. The molecule has 5 atom stereocenters. The van der Waals surface area contributed by atoms with Gasteiger partial charge in [-0.2, -0.15) is 0 Å². The fourth-order valence-corrected chi connectivity index (χ4v) is 8.65. The zero-order chi connectivity index (χ0) is 37.1. The Kier molecular flexibility index (Phi) is 9.81. The van der Waals surface area contributed by atoms with E-state index in [0.29, 0.717) is 42.7 Å². The number of esters is 1. The van der Waals surface area contributed by atoms with Crippen molar-refractivity contribution in [2.45, 2.75) is 130 Å². The van der Waals surface area contributed by atoms with Crippen molar-refractivity contribution in [3.63, 3.8) is 0 Å². The van der Waals surface area contributed by atoms with Crippen LogP contribution < -0.4 is 10.1 Å². The molecule has 0 aromatic heterocycles. The molecular formula is C40H55BN2O8. The molecule has 2 amide bonds. The first-order valence-electron chi connectivity index (χ1n) is 18.4. The molecule has 2 aromatic carbocycles. The number of para-hydroxylation sites is 1. The van der Waals surface area contributed by atoms with Gasteiger partial charge in [0.1, 0.15) is 22.5 Å². The van der Waals surface area contributed by atoms with Crippen molar-refractivity contribution in [1.82, 2.24) is 10.2 Å². The molecule has 10 nitrogen and oxygen atoms in total. The van der Waals surface area contributed by atoms with E-state index in [2.05, 4.69) is 32.2 Å². The molecule has 5 unspecified atom stereocenters. The number of ether oxygens (including phenoxy) is 3. The molecule has 1 N–H and O–H groups in total. The van der Waals surface area contributed by atoms with Crippen LogP contribution in [0, 0.1) is 17.3 Å². The normalized spacial score (nSPS) is 25.6. The minimum atomic E-state index is -0.695. The molecule has 3 saturated carbocycles. The van der Waals surface area contributed by atoms with Crippen LogP contribution in [0.2, 0.25) is 0 Å². The molecule has 4 fully saturated rings. The molecule has 7 rings (SSSR count). The van der Waals surface area contributed by atoms with Crippen molar-refractivity contribution in [3.05, 3.63) is 64.2 Å². The van der Waals surface area contributed by atoms with Crippen LogP contribution in [0.25, 0.3) is 0 Å². The second kappa shape index (κ2) is 13.4. The highest BCUT2D eigenvalue weighted by Gasteiger charge is 2.68. The number of methoxy groups -OCH3 is 1. The smallest absolute Gasteiger partial charge is 0.482 e. The van der Waals surface area contributed by atoms with Gasteiger partial charge in [-0.25, -0.2) is 9.59 Å². The van der Waals surface area contributed by atoms with Gasteiger partial charge in [0.15, 0.2) is 0 Å². The molecule has 0 radical (unpaired) electrons. The van der Waals surface area contributed by atoms with Gasteiger partial charge >= 0.3 is 19.2 Å². The van der Waals surface area contributed by atoms with Gasteiger partial charge in [-0.05, 0) is 120 Å². The first kappa shape index (κ1) is 37.2. The van der Waals surface area contributed by atoms with E-state index < -0.39 is 35.8 Å². The summed E-state index contributed by atoms with van der Waals surface area (Å²) in [6, 6.07) is 11.4. The molecule has 2 aromatic rings. The number of fused-ring (bicyclic) bond motifs is 1. The molecule has 51 heavy (non-hydrogen) atoms. The van der Waals surface area contributed by atoms with E-state index in [0.717, 1.165) is 36.0 Å². The Morgan fingerprint density at radius 1 is 1.00 bits per heavy atom. The summed E-state index contributed by atoms with van der Waals surface area (Å²) in [5.41, 5.74) is 2.53. The summed E-state index contributed by atoms with van der Waals surface area (Å²) in [5, 5.41) is 3.26. The van der Waals surface area contributed by atoms with E-state index in [9.17, 15) is 14.4 Å². The average Bonchev–Trinajstić information content (AvgIpc) is 3.39. The summed E-state index contributed by atoms with van der Waals surface area (Å²) in [6.07, 6.45) is 2.80. The highest BCUT2D eigenvalue weighted by molar-refractivity contribution is 6.48. The number of nitrogens with zero attached hydrogens (tertiary/aromatic N) is 1. The minimum Gasteiger partial charge on any atom is -0.496 e. The highest BCUT2D eigenvalue weighted by Crippen LogP contribution is 2.65. The largest absolute Gasteiger partial charge is 0.496 e. The third-order valence-electron chi connectivity index (χ3n) is 11.3. The van der Waals surface area contributed by atoms with Gasteiger partial charge in [0.05, 0.1) is 31.2 Å². The topological polar surface area (TPSA) is 113 Å². The minimum absolute atomic E-state index is 0.0674. The Hall–Kier alpha value is -3.57. The lowest BCUT2D eigenvalue weighted by Gasteiger charge is -2.64. The number of carbonyl (C=O) groups excluding carboxylic acids is 3. The lowest BCUT2D eigenvalue weighted by Crippen LogP contribution is -2.65. The predicted molar refractivity (Wildman–Crippen MR) is 194 cm³/mol. The Bertz CT molecular complexity index is 1680. The van der Waals surface area contributed by atoms with Gasteiger partial charge in [-0.15, -0.1) is 0 Å². The number of amides is 2. The van der Waals surface area contributed by atoms with Gasteiger partial charge in [-0.1, -0.05) is 44.2 Å². The number of carbonyl (C=O) groups is 3. The number of hydrogen-bond donors (Lipinski definition) is 1. The van der Waals surface area contributed by atoms with Gasteiger partial charge in [-0.3, -0.25) is 4.79 Å². The molecule has 2 bridgehead atoms. The van der Waals surface area contributed by atoms with Crippen LogP contribution in [0.3, 0.4) is 0 Å². The van der Waals surface area contributed by atoms with Gasteiger partial charge < -0.3 is 33.7 Å². The molecule has 276 valence electrons. The van der Waals surface area contributed by atoms with Crippen LogP contribution in [-0.4, -0.2) is 72.5 Å². The van der Waals surface area contributed by atoms with E-state index in [4.69, 9.17) is 23.5 Å². The Balaban J connectivity index is 1.23. The predicted octanol–water partition coefficient (Wildman–Crippen LogP) is 6.48. The summed E-state index contributed by atoms with van der Waals surface area (Å²) < 4.78 is 30.7. The van der Waals surface area contributed by atoms with E-state index >= 15 is 0 Å². The van der Waals surface area contributed by atoms with Crippen molar-refractivity contribution < 1.29 is 37.9 Å². The summed E-state index contributed by atoms with van der Waals surface area (Å²) >= 11 is 0. The zero-order valence-corrected chi connectivity index (χ0v) is 32.0. The third kappa shape index (κ3) is 7.66. The summed E-state index contributed by atoms with van der Waals surface area (Å²) in [4.78, 5) is 41.6. The maximum absolute atomic E-state index is 13.9. The number of hydrogen-bond acceptors (Lipinski definition) is 8. The van der Waals surface area contributed by atoms with E-state index in [-0.39, 0.29) is 29.9 Å². The van der Waals surface area contributed by atoms with Gasteiger partial charge in [0.25, 0.3) is 0 Å². The second-order valence-electron chi connectivity index (χ2n) is 17.6. The molecule has 2 heterocycles. The molecule has 1 saturated heterocycles. The summed E-state index contributed by atoms with van der Waals surface area (Å²) in [5.74, 6) is 0.114. The Morgan fingerprint density at radius 2 is 1.73 bits per heavy atom. The Labute approximate surface area is 303 Å². The lowest BCUT2D eigenvalue weighted by atomic mass is 9.43. The van der Waals surface area contributed by atoms with Gasteiger partial charge in [0, 0.05) is 13.1 Å². The highest BCUT2D eigenvalue weighted by atomic mass is 16.7. The SMILES string of the molecule is COc1c(CC(NC(=O)Cc2ccc3c(c2)CN(C(=O)OC(C)(C)C)CC3)B2OC3CC4CC(C4(C)C)C3(C)O2)cccc1C(=O)OC(C)(C)C. The second-order valence-corrected chi connectivity index (χ2v) is 17.6. The molecule has 0 spiro atoms. The average molecular weight is 703 g/mol. The first-order valence-corrected chi connectivity index (χ1v) is 18.4. The molecule has 11 heteroatoms.